The molecule has 0 amide bonds. The fraction of sp³-hybridized carbons (Fsp3) is 0.591. The Morgan fingerprint density at radius 1 is 0.806 bits per heavy atom. The van der Waals surface area contributed by atoms with Crippen LogP contribution in [0.3, 0.4) is 0 Å². The van der Waals surface area contributed by atoms with Gasteiger partial charge in [-0.15, -0.1) is 0 Å². The molecule has 0 bridgehead atoms. The summed E-state index contributed by atoms with van der Waals surface area (Å²) in [6.07, 6.45) is -6.69. The van der Waals surface area contributed by atoms with Crippen molar-refractivity contribution < 1.29 is 57.0 Å². The minimum Gasteiger partial charge on any atom is -0.466 e. The number of nitrogens with zero attached hydrogens (tertiary/aromatic N) is 1. The molecule has 14 heteroatoms. The van der Waals surface area contributed by atoms with Crippen molar-refractivity contribution in [2.24, 2.45) is 0 Å². The van der Waals surface area contributed by atoms with Gasteiger partial charge in [-0.1, -0.05) is 0 Å². The van der Waals surface area contributed by atoms with Gasteiger partial charge in [-0.3, -0.25) is 34.1 Å². The first-order valence-corrected chi connectivity index (χ1v) is 10.7. The second-order valence-corrected chi connectivity index (χ2v) is 7.74. The summed E-state index contributed by atoms with van der Waals surface area (Å²) < 4.78 is 31.6. The highest BCUT2D eigenvalue weighted by Gasteiger charge is 2.49. The summed E-state index contributed by atoms with van der Waals surface area (Å²) in [6, 6.07) is 2.92. The van der Waals surface area contributed by atoms with Crippen LogP contribution in [0.4, 0.5) is 0 Å². The second kappa shape index (κ2) is 13.8. The van der Waals surface area contributed by atoms with Crippen LogP contribution in [0.5, 0.6) is 0 Å². The molecule has 0 aliphatic carbocycles. The van der Waals surface area contributed by atoms with Gasteiger partial charge in [0.1, 0.15) is 24.0 Å². The summed E-state index contributed by atoms with van der Waals surface area (Å²) in [5, 5.41) is 11.5. The highest BCUT2D eigenvalue weighted by Crippen LogP contribution is 2.31. The number of carbonyl (C=O) groups is 5. The number of aryl methyl sites for hydroxylation is 1. The molecule has 1 heterocycles. The maximum absolute atomic E-state index is 12.1. The van der Waals surface area contributed by atoms with Crippen molar-refractivity contribution in [2.45, 2.75) is 71.9 Å². The smallest absolute Gasteiger partial charge is 0.303 e. The zero-order valence-corrected chi connectivity index (χ0v) is 20.7. The van der Waals surface area contributed by atoms with Gasteiger partial charge in [-0.25, -0.2) is 0 Å². The van der Waals surface area contributed by atoms with Gasteiger partial charge in [-0.2, -0.15) is 0 Å². The number of ether oxygens (including phenoxy) is 5. The van der Waals surface area contributed by atoms with Gasteiger partial charge in [0, 0.05) is 39.5 Å². The van der Waals surface area contributed by atoms with Gasteiger partial charge in [0.2, 0.25) is 6.54 Å². The molecule has 1 aromatic heterocycles. The quantitative estimate of drug-likeness (QED) is 0.158. The van der Waals surface area contributed by atoms with Crippen LogP contribution in [0, 0.1) is 17.0 Å². The molecule has 0 aliphatic heterocycles. The van der Waals surface area contributed by atoms with Crippen LogP contribution in [0.2, 0.25) is 0 Å². The van der Waals surface area contributed by atoms with Crippen molar-refractivity contribution >= 4 is 29.8 Å². The van der Waals surface area contributed by atoms with Gasteiger partial charge in [0.25, 0.3) is 0 Å². The third kappa shape index (κ3) is 10.1. The lowest BCUT2D eigenvalue weighted by Gasteiger charge is -2.37. The number of furan rings is 1. The van der Waals surface area contributed by atoms with Gasteiger partial charge >= 0.3 is 29.8 Å². The molecule has 0 fully saturated rings. The van der Waals surface area contributed by atoms with E-state index in [4.69, 9.17) is 28.1 Å². The third-order valence-electron chi connectivity index (χ3n) is 4.56. The molecule has 36 heavy (non-hydrogen) atoms. The van der Waals surface area contributed by atoms with Crippen LogP contribution in [0.25, 0.3) is 0 Å². The van der Waals surface area contributed by atoms with Crippen LogP contribution in [0.15, 0.2) is 16.5 Å². The largest absolute Gasteiger partial charge is 0.466 e. The molecule has 0 aliphatic rings. The number of carbonyl (C=O) groups excluding carboxylic acids is 5. The van der Waals surface area contributed by atoms with Crippen molar-refractivity contribution in [1.82, 2.24) is 0 Å². The van der Waals surface area contributed by atoms with E-state index >= 15 is 0 Å². The Bertz CT molecular complexity index is 969. The fourth-order valence-corrected chi connectivity index (χ4v) is 3.41. The van der Waals surface area contributed by atoms with Crippen molar-refractivity contribution in [1.29, 1.82) is 0 Å². The number of nitro groups is 1. The third-order valence-corrected chi connectivity index (χ3v) is 4.56. The topological polar surface area (TPSA) is 188 Å². The first-order chi connectivity index (χ1) is 16.7. The Hall–Kier alpha value is -3.97. The van der Waals surface area contributed by atoms with E-state index in [0.717, 1.165) is 34.6 Å². The van der Waals surface area contributed by atoms with Crippen LogP contribution in [-0.2, 0) is 47.7 Å². The number of hydrogen-bond donors (Lipinski definition) is 0. The Kier molecular flexibility index (Phi) is 11.5. The highest BCUT2D eigenvalue weighted by molar-refractivity contribution is 5.69. The van der Waals surface area contributed by atoms with E-state index < -0.39 is 78.3 Å². The average molecular weight is 515 g/mol. The van der Waals surface area contributed by atoms with Crippen molar-refractivity contribution in [3.05, 3.63) is 33.8 Å². The van der Waals surface area contributed by atoms with Crippen molar-refractivity contribution in [3.63, 3.8) is 0 Å². The summed E-state index contributed by atoms with van der Waals surface area (Å²) in [5.41, 5.74) is 0. The predicted octanol–water partition coefficient (Wildman–Crippen LogP) is 1.24. The molecule has 0 radical (unpaired) electrons. The fourth-order valence-electron chi connectivity index (χ4n) is 3.41. The molecular formula is C22H29NO13. The Morgan fingerprint density at radius 2 is 1.31 bits per heavy atom. The maximum atomic E-state index is 12.1. The minimum atomic E-state index is -1.76. The summed E-state index contributed by atoms with van der Waals surface area (Å²) in [4.78, 5) is 70.1. The van der Waals surface area contributed by atoms with Gasteiger partial charge < -0.3 is 28.1 Å². The lowest BCUT2D eigenvalue weighted by molar-refractivity contribution is -0.486. The monoisotopic (exact) mass is 515 g/mol. The molecule has 0 saturated carbocycles. The molecule has 200 valence electrons. The molecule has 0 unspecified atom stereocenters. The number of rotatable bonds is 13. The summed E-state index contributed by atoms with van der Waals surface area (Å²) in [5.74, 6) is -5.39. The highest BCUT2D eigenvalue weighted by atomic mass is 16.6. The molecule has 0 saturated heterocycles. The molecule has 14 nitrogen and oxygen atoms in total. The van der Waals surface area contributed by atoms with E-state index in [0.29, 0.717) is 5.76 Å². The zero-order chi connectivity index (χ0) is 27.6. The first kappa shape index (κ1) is 30.1. The van der Waals surface area contributed by atoms with E-state index in [9.17, 15) is 34.1 Å². The lowest BCUT2D eigenvalue weighted by atomic mass is 9.90. The van der Waals surface area contributed by atoms with Gasteiger partial charge in [-0.05, 0) is 19.1 Å². The van der Waals surface area contributed by atoms with Crippen molar-refractivity contribution in [2.75, 3.05) is 13.2 Å². The Morgan fingerprint density at radius 3 is 1.72 bits per heavy atom. The zero-order valence-electron chi connectivity index (χ0n) is 20.7. The predicted molar refractivity (Wildman–Crippen MR) is 117 cm³/mol. The molecule has 0 aromatic carbocycles. The summed E-state index contributed by atoms with van der Waals surface area (Å²) in [7, 11) is 0. The van der Waals surface area contributed by atoms with E-state index in [-0.39, 0.29) is 5.76 Å². The summed E-state index contributed by atoms with van der Waals surface area (Å²) >= 11 is 0. The summed E-state index contributed by atoms with van der Waals surface area (Å²) in [6.45, 7) is 5.19. The van der Waals surface area contributed by atoms with E-state index in [1.807, 2.05) is 0 Å². The SMILES string of the molecule is CC(=O)OC[C@@H](OC(C)=O)[C@H](OC(C)=O)[C@H](OC(C)=O)[C@@H](OC(C)=O)[C@H](C[N+](=O)[O-])c1ccc(C)o1. The molecular weight excluding hydrogens is 486 g/mol. The van der Waals surface area contributed by atoms with Gasteiger partial charge in [0.05, 0.1) is 0 Å². The number of hydrogen-bond acceptors (Lipinski definition) is 13. The van der Waals surface area contributed by atoms with Crippen LogP contribution in [0.1, 0.15) is 52.1 Å². The molecule has 5 atom stereocenters. The minimum absolute atomic E-state index is 0.0122. The van der Waals surface area contributed by atoms with Crippen LogP contribution in [-0.4, -0.2) is 72.3 Å². The second-order valence-electron chi connectivity index (χ2n) is 7.74. The van der Waals surface area contributed by atoms with Crippen molar-refractivity contribution in [3.8, 4) is 0 Å². The standard InChI is InChI=1S/C22H29NO13/c1-11-7-8-18(32-11)17(9-23(29)30)20(34-14(4)26)22(36-16(6)28)21(35-15(5)27)19(33-13(3)25)10-31-12(2)24/h7-8,17,19-22H,9-10H2,1-6H3/t17-,19-,20+,21+,22-/m1/s1. The van der Waals surface area contributed by atoms with E-state index in [1.54, 1.807) is 6.92 Å². The van der Waals surface area contributed by atoms with Crippen LogP contribution >= 0.6 is 0 Å². The molecule has 1 aromatic rings. The molecule has 0 N–H and O–H groups in total. The Labute approximate surface area is 206 Å². The number of esters is 5. The van der Waals surface area contributed by atoms with Crippen LogP contribution < -0.4 is 0 Å². The lowest BCUT2D eigenvalue weighted by Crippen LogP contribution is -2.55. The molecule has 1 rings (SSSR count). The van der Waals surface area contributed by atoms with E-state index in [1.165, 1.54) is 12.1 Å². The van der Waals surface area contributed by atoms with Gasteiger partial charge in [0.15, 0.2) is 24.4 Å². The van der Waals surface area contributed by atoms with E-state index in [2.05, 4.69) is 0 Å². The normalized spacial score (nSPS) is 14.8. The average Bonchev–Trinajstić information content (AvgIpc) is 3.15. The maximum Gasteiger partial charge on any atom is 0.303 e. The molecule has 0 spiro atoms. The first-order valence-electron chi connectivity index (χ1n) is 10.7. The Balaban J connectivity index is 3.76.